The molecule has 3 rings (SSSR count). The van der Waals surface area contributed by atoms with Gasteiger partial charge in [0.15, 0.2) is 0 Å². The second-order valence-electron chi connectivity index (χ2n) is 5.06. The summed E-state index contributed by atoms with van der Waals surface area (Å²) in [6.45, 7) is 0.864. The van der Waals surface area contributed by atoms with E-state index in [-0.39, 0.29) is 0 Å². The van der Waals surface area contributed by atoms with Crippen molar-refractivity contribution in [1.29, 1.82) is 0 Å². The highest BCUT2D eigenvalue weighted by molar-refractivity contribution is 5.37. The Labute approximate surface area is 113 Å². The Hall–Kier alpha value is -1.81. The van der Waals surface area contributed by atoms with Gasteiger partial charge >= 0.3 is 0 Å². The predicted octanol–water partition coefficient (Wildman–Crippen LogP) is 2.45. The van der Waals surface area contributed by atoms with E-state index >= 15 is 0 Å². The quantitative estimate of drug-likeness (QED) is 0.865. The number of aromatic nitrogens is 2. The van der Waals surface area contributed by atoms with Crippen molar-refractivity contribution in [2.75, 3.05) is 7.11 Å². The predicted molar refractivity (Wildman–Crippen MR) is 74.2 cm³/mol. The van der Waals surface area contributed by atoms with Gasteiger partial charge in [0.2, 0.25) is 0 Å². The summed E-state index contributed by atoms with van der Waals surface area (Å²) in [5, 5.41) is 3.55. The molecule has 4 nitrogen and oxygen atoms in total. The molecular formula is C15H19N3O. The van der Waals surface area contributed by atoms with Crippen LogP contribution >= 0.6 is 0 Å². The van der Waals surface area contributed by atoms with Crippen LogP contribution in [0.4, 0.5) is 0 Å². The smallest absolute Gasteiger partial charge is 0.122 e. The lowest BCUT2D eigenvalue weighted by molar-refractivity contribution is 0.281. The van der Waals surface area contributed by atoms with Crippen molar-refractivity contribution in [3.05, 3.63) is 48.0 Å². The number of para-hydroxylation sites is 1. The second-order valence-corrected chi connectivity index (χ2v) is 5.06. The summed E-state index contributed by atoms with van der Waals surface area (Å²) >= 11 is 0. The number of nitrogens with one attached hydrogen (secondary N) is 2. The lowest BCUT2D eigenvalue weighted by Crippen LogP contribution is -2.39. The SMILES string of the molecule is COc1ccccc1C1CC(NCc2cnc[nH]2)C1. The zero-order valence-corrected chi connectivity index (χ0v) is 11.1. The maximum Gasteiger partial charge on any atom is 0.122 e. The minimum absolute atomic E-state index is 0.596. The van der Waals surface area contributed by atoms with E-state index in [0.29, 0.717) is 12.0 Å². The van der Waals surface area contributed by atoms with Crippen molar-refractivity contribution < 1.29 is 4.74 Å². The molecule has 0 atom stereocenters. The van der Waals surface area contributed by atoms with Crippen LogP contribution in [0.1, 0.15) is 30.0 Å². The molecule has 0 unspecified atom stereocenters. The first-order chi connectivity index (χ1) is 9.36. The molecule has 1 saturated carbocycles. The molecule has 19 heavy (non-hydrogen) atoms. The van der Waals surface area contributed by atoms with Crippen LogP contribution in [0.5, 0.6) is 5.75 Å². The maximum absolute atomic E-state index is 5.42. The van der Waals surface area contributed by atoms with Crippen LogP contribution < -0.4 is 10.1 Å². The molecule has 0 spiro atoms. The van der Waals surface area contributed by atoms with Crippen LogP contribution in [0.25, 0.3) is 0 Å². The molecule has 2 aromatic rings. The second kappa shape index (κ2) is 5.45. The highest BCUT2D eigenvalue weighted by atomic mass is 16.5. The van der Waals surface area contributed by atoms with Crippen molar-refractivity contribution in [1.82, 2.24) is 15.3 Å². The summed E-state index contributed by atoms with van der Waals surface area (Å²) in [5.41, 5.74) is 2.48. The first-order valence-electron chi connectivity index (χ1n) is 6.70. The number of methoxy groups -OCH3 is 1. The molecule has 1 aromatic carbocycles. The number of hydrogen-bond acceptors (Lipinski definition) is 3. The topological polar surface area (TPSA) is 49.9 Å². The van der Waals surface area contributed by atoms with E-state index < -0.39 is 0 Å². The van der Waals surface area contributed by atoms with Crippen LogP contribution in [-0.4, -0.2) is 23.1 Å². The van der Waals surface area contributed by atoms with E-state index in [1.807, 2.05) is 18.3 Å². The molecule has 1 aliphatic rings. The summed E-state index contributed by atoms with van der Waals surface area (Å²) in [4.78, 5) is 7.13. The Morgan fingerprint density at radius 3 is 2.95 bits per heavy atom. The van der Waals surface area contributed by atoms with E-state index in [9.17, 15) is 0 Å². The number of aromatic amines is 1. The summed E-state index contributed by atoms with van der Waals surface area (Å²) in [5.74, 6) is 1.63. The van der Waals surface area contributed by atoms with Gasteiger partial charge in [0, 0.05) is 24.5 Å². The zero-order valence-electron chi connectivity index (χ0n) is 11.1. The highest BCUT2D eigenvalue weighted by Crippen LogP contribution is 2.40. The van der Waals surface area contributed by atoms with Crippen LogP contribution in [0.3, 0.4) is 0 Å². The molecule has 1 aliphatic carbocycles. The molecule has 0 aliphatic heterocycles. The van der Waals surface area contributed by atoms with Gasteiger partial charge in [-0.1, -0.05) is 18.2 Å². The first kappa shape index (κ1) is 12.2. The number of rotatable bonds is 5. The Morgan fingerprint density at radius 1 is 1.37 bits per heavy atom. The monoisotopic (exact) mass is 257 g/mol. The third-order valence-electron chi connectivity index (χ3n) is 3.85. The highest BCUT2D eigenvalue weighted by Gasteiger charge is 2.31. The van der Waals surface area contributed by atoms with Crippen LogP contribution in [0.2, 0.25) is 0 Å². The van der Waals surface area contributed by atoms with Gasteiger partial charge in [0.1, 0.15) is 5.75 Å². The van der Waals surface area contributed by atoms with Gasteiger partial charge in [-0.25, -0.2) is 4.98 Å². The van der Waals surface area contributed by atoms with E-state index in [0.717, 1.165) is 18.0 Å². The van der Waals surface area contributed by atoms with Crippen LogP contribution in [-0.2, 0) is 6.54 Å². The van der Waals surface area contributed by atoms with E-state index in [1.54, 1.807) is 13.4 Å². The number of benzene rings is 1. The van der Waals surface area contributed by atoms with Gasteiger partial charge in [-0.05, 0) is 30.4 Å². The standard InChI is InChI=1S/C15H19N3O/c1-19-15-5-3-2-4-14(15)11-6-12(7-11)17-9-13-8-16-10-18-13/h2-5,8,10-12,17H,6-7,9H2,1H3,(H,16,18). The van der Waals surface area contributed by atoms with E-state index in [4.69, 9.17) is 4.74 Å². The lowest BCUT2D eigenvalue weighted by atomic mass is 9.75. The molecule has 0 bridgehead atoms. The summed E-state index contributed by atoms with van der Waals surface area (Å²) in [6.07, 6.45) is 5.93. The molecule has 0 radical (unpaired) electrons. The Morgan fingerprint density at radius 2 is 2.21 bits per heavy atom. The molecular weight excluding hydrogens is 238 g/mol. The molecule has 0 amide bonds. The molecule has 4 heteroatoms. The fourth-order valence-corrected chi connectivity index (χ4v) is 2.68. The number of nitrogens with zero attached hydrogens (tertiary/aromatic N) is 1. The molecule has 1 heterocycles. The van der Waals surface area contributed by atoms with Gasteiger partial charge < -0.3 is 15.0 Å². The summed E-state index contributed by atoms with van der Waals surface area (Å²) in [7, 11) is 1.74. The Balaban J connectivity index is 1.52. The normalized spacial score (nSPS) is 21.9. The van der Waals surface area contributed by atoms with Crippen molar-refractivity contribution in [3.8, 4) is 5.75 Å². The van der Waals surface area contributed by atoms with Gasteiger partial charge in [-0.2, -0.15) is 0 Å². The van der Waals surface area contributed by atoms with Crippen molar-refractivity contribution in [2.24, 2.45) is 0 Å². The fraction of sp³-hybridized carbons (Fsp3) is 0.400. The van der Waals surface area contributed by atoms with E-state index in [2.05, 4.69) is 27.4 Å². The van der Waals surface area contributed by atoms with Gasteiger partial charge in [-0.3, -0.25) is 0 Å². The summed E-state index contributed by atoms with van der Waals surface area (Å²) in [6, 6.07) is 8.92. The van der Waals surface area contributed by atoms with E-state index in [1.165, 1.54) is 18.4 Å². The number of hydrogen-bond donors (Lipinski definition) is 2. The first-order valence-corrected chi connectivity index (χ1v) is 6.70. The van der Waals surface area contributed by atoms with Crippen molar-refractivity contribution >= 4 is 0 Å². The third-order valence-corrected chi connectivity index (χ3v) is 3.85. The van der Waals surface area contributed by atoms with Gasteiger partial charge in [0.25, 0.3) is 0 Å². The van der Waals surface area contributed by atoms with Crippen LogP contribution in [0.15, 0.2) is 36.8 Å². The molecule has 1 aromatic heterocycles. The van der Waals surface area contributed by atoms with Crippen LogP contribution in [0, 0.1) is 0 Å². The lowest BCUT2D eigenvalue weighted by Gasteiger charge is -2.36. The molecule has 100 valence electrons. The zero-order chi connectivity index (χ0) is 13.1. The average molecular weight is 257 g/mol. The number of ether oxygens (including phenoxy) is 1. The minimum Gasteiger partial charge on any atom is -0.496 e. The third kappa shape index (κ3) is 2.63. The molecule has 0 saturated heterocycles. The van der Waals surface area contributed by atoms with Crippen molar-refractivity contribution in [2.45, 2.75) is 31.3 Å². The Bertz CT molecular complexity index is 518. The minimum atomic E-state index is 0.596. The Kier molecular flexibility index (Phi) is 3.51. The number of H-pyrrole nitrogens is 1. The molecule has 1 fully saturated rings. The largest absolute Gasteiger partial charge is 0.496 e. The molecule has 2 N–H and O–H groups in total. The average Bonchev–Trinajstić information content (AvgIpc) is 2.90. The van der Waals surface area contributed by atoms with Gasteiger partial charge in [0.05, 0.1) is 13.4 Å². The number of imidazole rings is 1. The van der Waals surface area contributed by atoms with Crippen molar-refractivity contribution in [3.63, 3.8) is 0 Å². The maximum atomic E-state index is 5.42. The summed E-state index contributed by atoms with van der Waals surface area (Å²) < 4.78 is 5.42. The van der Waals surface area contributed by atoms with Gasteiger partial charge in [-0.15, -0.1) is 0 Å². The fourth-order valence-electron chi connectivity index (χ4n) is 2.68.